The Bertz CT molecular complexity index is 1040. The summed E-state index contributed by atoms with van der Waals surface area (Å²) in [5, 5.41) is 11.9. The lowest BCUT2D eigenvalue weighted by Gasteiger charge is -2.40. The zero-order valence-corrected chi connectivity index (χ0v) is 19.5. The van der Waals surface area contributed by atoms with E-state index in [4.69, 9.17) is 9.47 Å². The van der Waals surface area contributed by atoms with Gasteiger partial charge in [-0.1, -0.05) is 55.5 Å². The SMILES string of the molecule is CCC(C)(NC(=O)OCC1c2ccccc2-c2ccccc21)C(=O)N1CCOCC1CC(=O)O. The van der Waals surface area contributed by atoms with Crippen molar-refractivity contribution in [2.24, 2.45) is 0 Å². The van der Waals surface area contributed by atoms with Crippen LogP contribution in [0.1, 0.15) is 43.7 Å². The molecule has 2 amide bonds. The van der Waals surface area contributed by atoms with Crippen molar-refractivity contribution in [2.45, 2.75) is 44.2 Å². The average Bonchev–Trinajstić information content (AvgIpc) is 3.16. The number of hydrogen-bond donors (Lipinski definition) is 2. The van der Waals surface area contributed by atoms with Gasteiger partial charge in [0.05, 0.1) is 25.7 Å². The van der Waals surface area contributed by atoms with Crippen LogP contribution in [0.15, 0.2) is 48.5 Å². The highest BCUT2D eigenvalue weighted by Gasteiger charge is 2.41. The van der Waals surface area contributed by atoms with Gasteiger partial charge in [0.1, 0.15) is 12.1 Å². The first-order valence-electron chi connectivity index (χ1n) is 11.6. The number of fused-ring (bicyclic) bond motifs is 3. The smallest absolute Gasteiger partial charge is 0.408 e. The number of carboxylic acids is 1. The summed E-state index contributed by atoms with van der Waals surface area (Å²) >= 11 is 0. The third-order valence-electron chi connectivity index (χ3n) is 6.80. The van der Waals surface area contributed by atoms with Crippen LogP contribution in [0.25, 0.3) is 11.1 Å². The highest BCUT2D eigenvalue weighted by Crippen LogP contribution is 2.44. The fraction of sp³-hybridized carbons (Fsp3) is 0.423. The minimum atomic E-state index is -1.23. The second-order valence-electron chi connectivity index (χ2n) is 8.96. The molecule has 8 nitrogen and oxygen atoms in total. The van der Waals surface area contributed by atoms with E-state index in [-0.39, 0.29) is 38.0 Å². The van der Waals surface area contributed by atoms with E-state index in [2.05, 4.69) is 17.4 Å². The minimum Gasteiger partial charge on any atom is -0.481 e. The molecule has 2 aromatic carbocycles. The zero-order chi connectivity index (χ0) is 24.3. The summed E-state index contributed by atoms with van der Waals surface area (Å²) < 4.78 is 11.0. The van der Waals surface area contributed by atoms with E-state index in [9.17, 15) is 19.5 Å². The number of carbonyl (C=O) groups excluding carboxylic acids is 2. The Morgan fingerprint density at radius 2 is 1.74 bits per heavy atom. The first kappa shape index (κ1) is 23.8. The molecule has 2 atom stereocenters. The molecule has 1 aliphatic heterocycles. The quantitative estimate of drug-likeness (QED) is 0.648. The first-order valence-corrected chi connectivity index (χ1v) is 11.6. The molecule has 1 fully saturated rings. The molecule has 1 saturated heterocycles. The lowest BCUT2D eigenvalue weighted by molar-refractivity contribution is -0.150. The van der Waals surface area contributed by atoms with Gasteiger partial charge < -0.3 is 24.8 Å². The van der Waals surface area contributed by atoms with E-state index in [0.29, 0.717) is 13.0 Å². The fourth-order valence-corrected chi connectivity index (χ4v) is 4.76. The second-order valence-corrected chi connectivity index (χ2v) is 8.96. The Morgan fingerprint density at radius 3 is 2.32 bits per heavy atom. The number of nitrogens with zero attached hydrogens (tertiary/aromatic N) is 1. The molecule has 2 aromatic rings. The number of nitrogens with one attached hydrogen (secondary N) is 1. The van der Waals surface area contributed by atoms with Crippen LogP contribution in [0.5, 0.6) is 0 Å². The Hall–Kier alpha value is -3.39. The molecule has 0 radical (unpaired) electrons. The van der Waals surface area contributed by atoms with Crippen LogP contribution in [0.4, 0.5) is 4.79 Å². The summed E-state index contributed by atoms with van der Waals surface area (Å²) in [5.41, 5.74) is 3.26. The molecule has 180 valence electrons. The number of hydrogen-bond acceptors (Lipinski definition) is 5. The topological polar surface area (TPSA) is 105 Å². The van der Waals surface area contributed by atoms with E-state index in [1.54, 1.807) is 13.8 Å². The lowest BCUT2D eigenvalue weighted by atomic mass is 9.95. The second kappa shape index (κ2) is 9.85. The molecule has 2 N–H and O–H groups in total. The molecule has 0 saturated carbocycles. The number of alkyl carbamates (subject to hydrolysis) is 1. The molecular weight excluding hydrogens is 436 g/mol. The molecule has 2 unspecified atom stereocenters. The van der Waals surface area contributed by atoms with Crippen molar-refractivity contribution in [3.05, 3.63) is 59.7 Å². The van der Waals surface area contributed by atoms with Crippen molar-refractivity contribution in [3.63, 3.8) is 0 Å². The molecule has 0 spiro atoms. The van der Waals surface area contributed by atoms with Crippen LogP contribution in [0.2, 0.25) is 0 Å². The molecule has 34 heavy (non-hydrogen) atoms. The molecule has 8 heteroatoms. The number of ether oxygens (including phenoxy) is 2. The Labute approximate surface area is 198 Å². The third kappa shape index (κ3) is 4.63. The summed E-state index contributed by atoms with van der Waals surface area (Å²) in [6.07, 6.45) is -0.563. The predicted molar refractivity (Wildman–Crippen MR) is 125 cm³/mol. The number of benzene rings is 2. The minimum absolute atomic E-state index is 0.0825. The van der Waals surface area contributed by atoms with Gasteiger partial charge in [0.25, 0.3) is 0 Å². The molecule has 1 aliphatic carbocycles. The normalized spacial score (nSPS) is 19.0. The van der Waals surface area contributed by atoms with Gasteiger partial charge in [-0.05, 0) is 35.6 Å². The van der Waals surface area contributed by atoms with Gasteiger partial charge in [0.15, 0.2) is 0 Å². The van der Waals surface area contributed by atoms with Gasteiger partial charge in [-0.2, -0.15) is 0 Å². The predicted octanol–water partition coefficient (Wildman–Crippen LogP) is 3.40. The van der Waals surface area contributed by atoms with E-state index >= 15 is 0 Å². The third-order valence-corrected chi connectivity index (χ3v) is 6.80. The fourth-order valence-electron chi connectivity index (χ4n) is 4.76. The van der Waals surface area contributed by atoms with Gasteiger partial charge in [-0.15, -0.1) is 0 Å². The van der Waals surface area contributed by atoms with Crippen LogP contribution in [-0.4, -0.2) is 65.9 Å². The van der Waals surface area contributed by atoms with Gasteiger partial charge in [0.2, 0.25) is 5.91 Å². The number of rotatable bonds is 7. The van der Waals surface area contributed by atoms with E-state index in [1.165, 1.54) is 4.90 Å². The number of carbonyl (C=O) groups is 3. The summed E-state index contributed by atoms with van der Waals surface area (Å²) in [7, 11) is 0. The van der Waals surface area contributed by atoms with Crippen molar-refractivity contribution >= 4 is 18.0 Å². The molecule has 0 bridgehead atoms. The molecule has 2 aliphatic rings. The van der Waals surface area contributed by atoms with Crippen molar-refractivity contribution < 1.29 is 29.0 Å². The molecule has 0 aromatic heterocycles. The first-order chi connectivity index (χ1) is 16.3. The number of morpholine rings is 1. The maximum Gasteiger partial charge on any atom is 0.408 e. The Balaban J connectivity index is 1.44. The van der Waals surface area contributed by atoms with E-state index < -0.39 is 23.6 Å². The molecular formula is C26H30N2O6. The number of aliphatic carboxylic acids is 1. The Kier molecular flexibility index (Phi) is 6.88. The highest BCUT2D eigenvalue weighted by molar-refractivity contribution is 5.90. The van der Waals surface area contributed by atoms with Gasteiger partial charge in [0, 0.05) is 12.5 Å². The summed E-state index contributed by atoms with van der Waals surface area (Å²) in [5.74, 6) is -1.42. The van der Waals surface area contributed by atoms with Gasteiger partial charge in [-0.3, -0.25) is 9.59 Å². The average molecular weight is 467 g/mol. The van der Waals surface area contributed by atoms with Crippen molar-refractivity contribution in [1.29, 1.82) is 0 Å². The summed E-state index contributed by atoms with van der Waals surface area (Å²) in [6.45, 7) is 4.35. The number of amides is 2. The van der Waals surface area contributed by atoms with Crippen molar-refractivity contribution in [1.82, 2.24) is 10.2 Å². The zero-order valence-electron chi connectivity index (χ0n) is 19.5. The molecule has 4 rings (SSSR count). The largest absolute Gasteiger partial charge is 0.481 e. The monoisotopic (exact) mass is 466 g/mol. The lowest BCUT2D eigenvalue weighted by Crippen LogP contribution is -2.62. The van der Waals surface area contributed by atoms with Gasteiger partial charge in [-0.25, -0.2) is 4.79 Å². The highest BCUT2D eigenvalue weighted by atomic mass is 16.5. The number of carboxylic acid groups (broad SMARTS) is 1. The Morgan fingerprint density at radius 1 is 1.12 bits per heavy atom. The van der Waals surface area contributed by atoms with E-state index in [1.807, 2.05) is 36.4 Å². The summed E-state index contributed by atoms with van der Waals surface area (Å²) in [4.78, 5) is 38.9. The maximum atomic E-state index is 13.4. The standard InChI is InChI=1S/C26H30N2O6/c1-3-26(2,24(31)28-12-13-33-15-17(28)14-23(29)30)27-25(32)34-16-22-20-10-6-4-8-18(20)19-9-5-7-11-21(19)22/h4-11,17,22H,3,12-16H2,1-2H3,(H,27,32)(H,29,30). The van der Waals surface area contributed by atoms with Crippen LogP contribution in [0, 0.1) is 0 Å². The van der Waals surface area contributed by atoms with Crippen LogP contribution >= 0.6 is 0 Å². The van der Waals surface area contributed by atoms with Crippen molar-refractivity contribution in [2.75, 3.05) is 26.4 Å². The molecule has 1 heterocycles. The van der Waals surface area contributed by atoms with Crippen LogP contribution in [0.3, 0.4) is 0 Å². The maximum absolute atomic E-state index is 13.4. The van der Waals surface area contributed by atoms with Crippen LogP contribution < -0.4 is 5.32 Å². The van der Waals surface area contributed by atoms with Gasteiger partial charge >= 0.3 is 12.1 Å². The van der Waals surface area contributed by atoms with E-state index in [0.717, 1.165) is 22.3 Å². The van der Waals surface area contributed by atoms with Crippen LogP contribution in [-0.2, 0) is 19.1 Å². The summed E-state index contributed by atoms with van der Waals surface area (Å²) in [6, 6.07) is 15.6. The van der Waals surface area contributed by atoms with Crippen molar-refractivity contribution in [3.8, 4) is 11.1 Å².